The third-order valence-corrected chi connectivity index (χ3v) is 18.3. The predicted molar refractivity (Wildman–Crippen MR) is 409 cm³/mol. The zero-order chi connectivity index (χ0) is 87.3. The number of cyclic esters (lactones) is 1. The van der Waals surface area contributed by atoms with Gasteiger partial charge in [0.15, 0.2) is 5.78 Å². The number of aromatic nitrogens is 1. The molecule has 117 heavy (non-hydrogen) atoms. The number of rotatable bonds is 36. The SMILES string of the molecule is CC(C)CCCCCCCCC(=O)N[C@@H](Cc1c[nH]c2ccccc12)C(=O)N[C@@H](CC(N)=O)C(=O)N[C@@H](CC(=O)O)C(=O)N[C@@H]1C(=O)NCC(=O)N[C@@H](CCCN)C(=O)N[C@@H](CC(=O)O)C(=O)N[C@H](C)C(=O)N[C@@H](CC(=O)O)C(=O)NCC(=O)N[C@H](CO)C(=O)N[C@@H]([C@H](C)CC(=O)O)C(=O)N[C@@H](CC(=O)c2ccccc2N)C(=O)O[C@@H]1C. The van der Waals surface area contributed by atoms with Gasteiger partial charge < -0.3 is 122 Å². The number of nitrogens with two attached hydrogens (primary N) is 3. The fourth-order valence-electron chi connectivity index (χ4n) is 12.0. The smallest absolute Gasteiger partial charge is 0.329 e. The highest BCUT2D eigenvalue weighted by Crippen LogP contribution is 2.22. The average molecular weight is 1650 g/mol. The highest BCUT2D eigenvalue weighted by molar-refractivity contribution is 6.05. The molecule has 1 fully saturated rings. The minimum atomic E-state index is -2.45. The molecule has 1 aliphatic rings. The number of unbranched alkanes of at least 4 members (excludes halogenated alkanes) is 5. The van der Waals surface area contributed by atoms with Crippen molar-refractivity contribution < 1.29 is 126 Å². The van der Waals surface area contributed by atoms with Crippen LogP contribution in [0.25, 0.3) is 10.9 Å². The molecular formula is C74H105N17O26. The number of hydrogen-bond acceptors (Lipinski definition) is 24. The van der Waals surface area contributed by atoms with E-state index in [1.54, 1.807) is 30.5 Å². The Morgan fingerprint density at radius 3 is 1.68 bits per heavy atom. The molecule has 0 saturated carbocycles. The number of nitrogen functional groups attached to an aromatic ring is 1. The number of aliphatic hydroxyl groups is 1. The number of ether oxygens (including phenoxy) is 1. The van der Waals surface area contributed by atoms with E-state index >= 15 is 0 Å². The van der Waals surface area contributed by atoms with Gasteiger partial charge in [0.25, 0.3) is 0 Å². The lowest BCUT2D eigenvalue weighted by molar-refractivity contribution is -0.156. The van der Waals surface area contributed by atoms with Crippen molar-refractivity contribution in [1.82, 2.24) is 74.1 Å². The Kier molecular flexibility index (Phi) is 40.1. The number of amides is 14. The number of carbonyl (C=O) groups is 20. The zero-order valence-electron chi connectivity index (χ0n) is 65.2. The summed E-state index contributed by atoms with van der Waals surface area (Å²) in [6, 6.07) is -10.5. The van der Waals surface area contributed by atoms with E-state index in [0.717, 1.165) is 52.9 Å². The van der Waals surface area contributed by atoms with Crippen molar-refractivity contribution in [3.63, 3.8) is 0 Å². The first-order valence-corrected chi connectivity index (χ1v) is 37.7. The summed E-state index contributed by atoms with van der Waals surface area (Å²) < 4.78 is 5.69. The first-order chi connectivity index (χ1) is 55.2. The Morgan fingerprint density at radius 2 is 1.08 bits per heavy atom. The summed E-state index contributed by atoms with van der Waals surface area (Å²) in [6.07, 6.45) is -2.27. The molecule has 0 unspecified atom stereocenters. The van der Waals surface area contributed by atoms with Crippen molar-refractivity contribution in [1.29, 1.82) is 0 Å². The molecule has 1 aromatic heterocycles. The number of aliphatic carboxylic acids is 4. The average Bonchev–Trinajstić information content (AvgIpc) is 1.69. The molecule has 0 aliphatic carbocycles. The number of carbonyl (C=O) groups excluding carboxylic acids is 16. The van der Waals surface area contributed by atoms with E-state index in [9.17, 15) is 121 Å². The van der Waals surface area contributed by atoms with Crippen molar-refractivity contribution in [2.45, 2.75) is 216 Å². The highest BCUT2D eigenvalue weighted by atomic mass is 16.5. The quantitative estimate of drug-likeness (QED) is 0.0112. The first kappa shape index (κ1) is 96.7. The third-order valence-electron chi connectivity index (χ3n) is 18.3. The van der Waals surface area contributed by atoms with Gasteiger partial charge in [-0.1, -0.05) is 89.6 Å². The van der Waals surface area contributed by atoms with Crippen molar-refractivity contribution in [2.75, 3.05) is 32.0 Å². The Bertz CT molecular complexity index is 4100. The molecule has 4 rings (SSSR count). The minimum absolute atomic E-state index is 0.0204. The molecule has 25 N–H and O–H groups in total. The number of aromatic amines is 1. The van der Waals surface area contributed by atoms with Gasteiger partial charge >= 0.3 is 29.8 Å². The van der Waals surface area contributed by atoms with Crippen molar-refractivity contribution in [3.05, 3.63) is 65.9 Å². The zero-order valence-corrected chi connectivity index (χ0v) is 65.2. The Morgan fingerprint density at radius 1 is 0.538 bits per heavy atom. The van der Waals surface area contributed by atoms with Crippen molar-refractivity contribution in [3.8, 4) is 0 Å². The second-order valence-corrected chi connectivity index (χ2v) is 28.4. The summed E-state index contributed by atoms with van der Waals surface area (Å²) in [5, 5.41) is 78.7. The van der Waals surface area contributed by atoms with E-state index in [1.165, 1.54) is 24.3 Å². The number of nitrogens with one attached hydrogen (secondary N) is 14. The van der Waals surface area contributed by atoms with E-state index in [2.05, 4.69) is 72.0 Å². The topological polar surface area (TPSA) is 702 Å². The van der Waals surface area contributed by atoms with Gasteiger partial charge in [-0.25, -0.2) is 4.79 Å². The van der Waals surface area contributed by atoms with Gasteiger partial charge in [0.2, 0.25) is 82.7 Å². The maximum absolute atomic E-state index is 14.9. The van der Waals surface area contributed by atoms with Crippen molar-refractivity contribution >= 4 is 135 Å². The number of carboxylic acid groups (broad SMARTS) is 4. The summed E-state index contributed by atoms with van der Waals surface area (Å²) in [4.78, 5) is 276. The molecular weight excluding hydrogens is 1540 g/mol. The van der Waals surface area contributed by atoms with E-state index in [0.29, 0.717) is 35.2 Å². The van der Waals surface area contributed by atoms with Crippen LogP contribution in [0.3, 0.4) is 0 Å². The number of anilines is 1. The standard InChI is InChI=1S/C74H105N17O26/c1-36(2)17-10-8-6-7-9-11-23-55(95)83-46(26-40-32-78-44-21-15-13-18-41(40)44)68(110)86-47(28-54(77)94)69(111)88-50(31-61(104)105)70(112)91-63-39(5)117-74(116)51(27-53(93)42-19-12-14-20-43(42)76)89-73(115)62(37(3)25-58(98)99)90-71(113)52(35-92)84-57(97)33-79-65(107)48(29-59(100)101)85-64(106)38(4)81-67(109)49(30-60(102)103)87-66(108)45(22-16-24-75)82-56(96)34-80-72(63)114/h12-15,18-21,32,36-39,45-52,62-63,78,92H,6-11,16-17,22-31,33-35,75-76H2,1-5H3,(H2,77,94)(H,79,107)(H,80,114)(H,81,109)(H,82,96)(H,83,95)(H,84,97)(H,85,106)(H,86,110)(H,87,108)(H,88,111)(H,89,115)(H,90,113)(H,91,112)(H,98,99)(H,100,101)(H,102,103)(H,104,105)/t37-,38-,39-,45+,46+,47+,48+,49+,50+,51+,52-,62+,63+/m1/s1. The maximum Gasteiger partial charge on any atom is 0.329 e. The number of benzene rings is 2. The van der Waals surface area contributed by atoms with Crippen LogP contribution >= 0.6 is 0 Å². The molecule has 1 saturated heterocycles. The number of Topliss-reactive ketones (excluding diaryl/α,β-unsaturated/α-hetero) is 1. The molecule has 13 atom stereocenters. The molecule has 642 valence electrons. The molecule has 0 radical (unpaired) electrons. The minimum Gasteiger partial charge on any atom is -0.481 e. The number of primary amides is 1. The van der Waals surface area contributed by atoms with E-state index in [-0.39, 0.29) is 37.1 Å². The number of hydrogen-bond donors (Lipinski definition) is 22. The number of aliphatic hydroxyl groups excluding tert-OH is 1. The van der Waals surface area contributed by atoms with E-state index in [4.69, 9.17) is 21.9 Å². The fourth-order valence-corrected chi connectivity index (χ4v) is 12.0. The van der Waals surface area contributed by atoms with Crippen LogP contribution in [0.1, 0.15) is 153 Å². The number of para-hydroxylation sites is 2. The number of H-pyrrole nitrogens is 1. The molecule has 0 bridgehead atoms. The second-order valence-electron chi connectivity index (χ2n) is 28.4. The van der Waals surface area contributed by atoms with Crippen LogP contribution in [0.2, 0.25) is 0 Å². The number of ketones is 1. The van der Waals surface area contributed by atoms with Crippen LogP contribution in [-0.2, 0) is 102 Å². The Labute approximate surface area is 670 Å². The van der Waals surface area contributed by atoms with Gasteiger partial charge in [-0.2, -0.15) is 0 Å². The number of esters is 1. The third kappa shape index (κ3) is 33.7. The van der Waals surface area contributed by atoms with Crippen LogP contribution in [0, 0.1) is 11.8 Å². The van der Waals surface area contributed by atoms with Crippen LogP contribution in [0.4, 0.5) is 5.69 Å². The normalized spacial score (nSPS) is 21.1. The van der Waals surface area contributed by atoms with Crippen molar-refractivity contribution in [2.24, 2.45) is 23.3 Å². The predicted octanol–water partition coefficient (Wildman–Crippen LogP) is -4.99. The largest absolute Gasteiger partial charge is 0.481 e. The monoisotopic (exact) mass is 1650 g/mol. The maximum atomic E-state index is 14.9. The van der Waals surface area contributed by atoms with Crippen LogP contribution in [0.5, 0.6) is 0 Å². The van der Waals surface area contributed by atoms with Crippen LogP contribution in [-0.4, -0.2) is 248 Å². The van der Waals surface area contributed by atoms with Gasteiger partial charge in [0.05, 0.1) is 51.8 Å². The number of fused-ring (bicyclic) bond motifs is 1. The summed E-state index contributed by atoms with van der Waals surface area (Å²) >= 11 is 0. The van der Waals surface area contributed by atoms with Crippen LogP contribution in [0.15, 0.2) is 54.7 Å². The molecule has 1 aliphatic heterocycles. The van der Waals surface area contributed by atoms with Gasteiger partial charge in [0, 0.05) is 47.6 Å². The summed E-state index contributed by atoms with van der Waals surface area (Å²) in [5.74, 6) is -29.2. The molecule has 43 heteroatoms. The van der Waals surface area contributed by atoms with Gasteiger partial charge in [-0.3, -0.25) is 91.1 Å². The molecule has 3 aromatic rings. The molecule has 0 spiro atoms. The van der Waals surface area contributed by atoms with Crippen LogP contribution < -0.4 is 86.3 Å². The highest BCUT2D eigenvalue weighted by Gasteiger charge is 2.41. The van der Waals surface area contributed by atoms with E-state index in [1.807, 2.05) is 16.0 Å². The molecule has 14 amide bonds. The number of carboxylic acids is 4. The van der Waals surface area contributed by atoms with Gasteiger partial charge in [0.1, 0.15) is 72.6 Å². The summed E-state index contributed by atoms with van der Waals surface area (Å²) in [7, 11) is 0. The summed E-state index contributed by atoms with van der Waals surface area (Å²) in [5.41, 5.74) is 18.1. The lowest BCUT2D eigenvalue weighted by Gasteiger charge is -2.30. The fraction of sp³-hybridized carbons (Fsp3) is 0.541. The lowest BCUT2D eigenvalue weighted by atomic mass is 9.96. The molecule has 2 aromatic carbocycles. The molecule has 2 heterocycles. The van der Waals surface area contributed by atoms with E-state index < -0.39 is 261 Å². The van der Waals surface area contributed by atoms with Gasteiger partial charge in [-0.15, -0.1) is 0 Å². The Balaban J connectivity index is 1.86. The molecule has 43 nitrogen and oxygen atoms in total. The van der Waals surface area contributed by atoms with Gasteiger partial charge in [-0.05, 0) is 75.3 Å². The first-order valence-electron chi connectivity index (χ1n) is 37.7. The second kappa shape index (κ2) is 48.5. The Hall–Kier alpha value is -12.7. The lowest BCUT2D eigenvalue weighted by Crippen LogP contribution is -2.62. The summed E-state index contributed by atoms with van der Waals surface area (Å²) in [6.45, 7) is 3.31.